The predicted octanol–water partition coefficient (Wildman–Crippen LogP) is -0.894. The Balaban J connectivity index is 2.20. The smallest absolute Gasteiger partial charge is 0.350 e. The summed E-state index contributed by atoms with van der Waals surface area (Å²) in [6.45, 7) is 3.40. The molecule has 0 aromatic heterocycles. The molecule has 0 amide bonds. The van der Waals surface area contributed by atoms with E-state index >= 15 is 0 Å². The monoisotopic (exact) mass is 316 g/mol. The number of fused-ring (bicyclic) bond motifs is 1. The van der Waals surface area contributed by atoms with E-state index in [0.29, 0.717) is 0 Å². The van der Waals surface area contributed by atoms with Gasteiger partial charge in [-0.05, 0) is 0 Å². The van der Waals surface area contributed by atoms with Crippen molar-refractivity contribution in [2.75, 3.05) is 6.61 Å². The van der Waals surface area contributed by atoms with Crippen LogP contribution in [0.15, 0.2) is 0 Å². The third-order valence-corrected chi connectivity index (χ3v) is 3.16. The molecule has 2 heterocycles. The predicted molar refractivity (Wildman–Crippen MR) is 66.3 cm³/mol. The molecule has 2 rings (SSSR count). The summed E-state index contributed by atoms with van der Waals surface area (Å²) < 4.78 is 25.5. The second-order valence-corrected chi connectivity index (χ2v) is 4.95. The number of rotatable bonds is 3. The van der Waals surface area contributed by atoms with Crippen LogP contribution >= 0.6 is 0 Å². The molecule has 0 radical (unpaired) electrons. The minimum Gasteiger partial charge on any atom is -0.456 e. The van der Waals surface area contributed by atoms with Crippen molar-refractivity contribution in [2.24, 2.45) is 0 Å². The van der Waals surface area contributed by atoms with Gasteiger partial charge in [0.05, 0.1) is 6.61 Å². The van der Waals surface area contributed by atoms with Gasteiger partial charge < -0.3 is 23.7 Å². The van der Waals surface area contributed by atoms with Crippen LogP contribution in [0.4, 0.5) is 0 Å². The summed E-state index contributed by atoms with van der Waals surface area (Å²) in [5.74, 6) is -2.69. The average Bonchev–Trinajstić information content (AvgIpc) is 2.68. The fraction of sp³-hybridized carbons (Fsp3) is 0.692. The van der Waals surface area contributed by atoms with Crippen molar-refractivity contribution in [3.8, 4) is 0 Å². The van der Waals surface area contributed by atoms with Crippen molar-refractivity contribution in [3.63, 3.8) is 0 Å². The Morgan fingerprint density at radius 2 is 1.55 bits per heavy atom. The third kappa shape index (κ3) is 3.35. The molecule has 0 aliphatic carbocycles. The van der Waals surface area contributed by atoms with Gasteiger partial charge in [-0.2, -0.15) is 0 Å². The zero-order valence-corrected chi connectivity index (χ0v) is 12.3. The van der Waals surface area contributed by atoms with Gasteiger partial charge in [-0.3, -0.25) is 14.4 Å². The van der Waals surface area contributed by atoms with Gasteiger partial charge in [-0.1, -0.05) is 0 Å². The summed E-state index contributed by atoms with van der Waals surface area (Å²) >= 11 is 0. The fourth-order valence-electron chi connectivity index (χ4n) is 2.47. The molecule has 2 fully saturated rings. The maximum atomic E-state index is 11.8. The Labute approximate surface area is 125 Å². The first-order valence-corrected chi connectivity index (χ1v) is 6.63. The highest BCUT2D eigenvalue weighted by molar-refractivity contribution is 5.81. The molecule has 0 N–H and O–H groups in total. The highest BCUT2D eigenvalue weighted by atomic mass is 16.7. The van der Waals surface area contributed by atoms with Gasteiger partial charge in [0.15, 0.2) is 18.3 Å². The lowest BCUT2D eigenvalue weighted by atomic mass is 9.98. The Morgan fingerprint density at radius 3 is 2.09 bits per heavy atom. The summed E-state index contributed by atoms with van der Waals surface area (Å²) in [5.41, 5.74) is 0. The first-order valence-electron chi connectivity index (χ1n) is 6.63. The van der Waals surface area contributed by atoms with Crippen LogP contribution in [-0.4, -0.2) is 61.0 Å². The molecule has 22 heavy (non-hydrogen) atoms. The van der Waals surface area contributed by atoms with Crippen LogP contribution < -0.4 is 0 Å². The molecule has 9 nitrogen and oxygen atoms in total. The number of ether oxygens (including phenoxy) is 5. The van der Waals surface area contributed by atoms with Crippen molar-refractivity contribution < 1.29 is 42.9 Å². The van der Waals surface area contributed by atoms with Gasteiger partial charge in [0, 0.05) is 20.8 Å². The van der Waals surface area contributed by atoms with Crippen molar-refractivity contribution >= 4 is 23.9 Å². The van der Waals surface area contributed by atoms with Gasteiger partial charge >= 0.3 is 23.9 Å². The second kappa shape index (κ2) is 6.30. The van der Waals surface area contributed by atoms with Crippen LogP contribution in [0.1, 0.15) is 20.8 Å². The van der Waals surface area contributed by atoms with Gasteiger partial charge in [-0.15, -0.1) is 0 Å². The Bertz CT molecular complexity index is 500. The van der Waals surface area contributed by atoms with Crippen molar-refractivity contribution in [2.45, 2.75) is 51.3 Å². The molecule has 0 saturated carbocycles. The Kier molecular flexibility index (Phi) is 4.65. The number of hydrogen-bond donors (Lipinski definition) is 0. The quantitative estimate of drug-likeness (QED) is 0.483. The highest BCUT2D eigenvalue weighted by Gasteiger charge is 2.57. The molecule has 2 aliphatic rings. The van der Waals surface area contributed by atoms with Crippen molar-refractivity contribution in [3.05, 3.63) is 0 Å². The third-order valence-electron chi connectivity index (χ3n) is 3.16. The number of carbonyl (C=O) groups is 4. The van der Waals surface area contributed by atoms with E-state index in [-0.39, 0.29) is 6.61 Å². The van der Waals surface area contributed by atoms with E-state index in [2.05, 4.69) is 0 Å². The molecule has 9 heteroatoms. The van der Waals surface area contributed by atoms with E-state index in [1.165, 1.54) is 13.8 Å². The first-order chi connectivity index (χ1) is 10.3. The summed E-state index contributed by atoms with van der Waals surface area (Å²) in [6, 6.07) is 0. The molecule has 2 saturated heterocycles. The number of esters is 4. The summed E-state index contributed by atoms with van der Waals surface area (Å²) in [5, 5.41) is 0. The second-order valence-electron chi connectivity index (χ2n) is 4.95. The molecule has 0 aromatic rings. The minimum atomic E-state index is -1.24. The average molecular weight is 316 g/mol. The molecular weight excluding hydrogens is 300 g/mol. The molecule has 122 valence electrons. The van der Waals surface area contributed by atoms with E-state index in [0.717, 1.165) is 6.92 Å². The lowest BCUT2D eigenvalue weighted by molar-refractivity contribution is -0.214. The molecule has 2 aliphatic heterocycles. The van der Waals surface area contributed by atoms with Gasteiger partial charge in [0.2, 0.25) is 6.10 Å². The summed E-state index contributed by atoms with van der Waals surface area (Å²) in [4.78, 5) is 45.2. The highest BCUT2D eigenvalue weighted by Crippen LogP contribution is 2.32. The molecule has 2 unspecified atom stereocenters. The van der Waals surface area contributed by atoms with E-state index < -0.39 is 54.4 Å². The normalized spacial score (nSPS) is 33.4. The first kappa shape index (κ1) is 16.2. The van der Waals surface area contributed by atoms with Crippen LogP contribution in [0, 0.1) is 0 Å². The fourth-order valence-corrected chi connectivity index (χ4v) is 2.47. The van der Waals surface area contributed by atoms with E-state index in [1.54, 1.807) is 0 Å². The maximum Gasteiger partial charge on any atom is 0.350 e. The van der Waals surface area contributed by atoms with E-state index in [1.807, 2.05) is 0 Å². The largest absolute Gasteiger partial charge is 0.456 e. The summed E-state index contributed by atoms with van der Waals surface area (Å²) in [6.07, 6.45) is -5.11. The number of carbonyl (C=O) groups excluding carboxylic acids is 4. The van der Waals surface area contributed by atoms with Crippen molar-refractivity contribution in [1.82, 2.24) is 0 Å². The lowest BCUT2D eigenvalue weighted by Gasteiger charge is -2.37. The van der Waals surface area contributed by atoms with Crippen LogP contribution in [0.2, 0.25) is 0 Å². The Morgan fingerprint density at radius 1 is 0.955 bits per heavy atom. The number of hydrogen-bond acceptors (Lipinski definition) is 9. The zero-order chi connectivity index (χ0) is 16.4. The minimum absolute atomic E-state index is 0.118. The zero-order valence-electron chi connectivity index (χ0n) is 12.3. The standard InChI is InChI=1S/C13H16O9/c1-5(14)19-8-4-18-10-11(9(8)20-6(2)15)22-13(17)12(10)21-7(3)16/h8-12H,4H2,1-3H3/t8-,9+,10?,11-,12?/m1/s1. The lowest BCUT2D eigenvalue weighted by Crippen LogP contribution is -2.56. The van der Waals surface area contributed by atoms with Crippen molar-refractivity contribution in [1.29, 1.82) is 0 Å². The van der Waals surface area contributed by atoms with Gasteiger partial charge in [0.1, 0.15) is 6.10 Å². The van der Waals surface area contributed by atoms with E-state index in [9.17, 15) is 19.2 Å². The SMILES string of the molecule is CC(=O)OC1C(=O)O[C@H]2C1OC[C@@H](OC(C)=O)[C@@H]2OC(C)=O. The molecule has 0 aromatic carbocycles. The van der Waals surface area contributed by atoms with Crippen LogP contribution in [0.3, 0.4) is 0 Å². The van der Waals surface area contributed by atoms with Gasteiger partial charge in [-0.25, -0.2) is 4.79 Å². The van der Waals surface area contributed by atoms with E-state index in [4.69, 9.17) is 23.7 Å². The molecule has 5 atom stereocenters. The van der Waals surface area contributed by atoms with Crippen LogP contribution in [0.25, 0.3) is 0 Å². The van der Waals surface area contributed by atoms with Gasteiger partial charge in [0.25, 0.3) is 0 Å². The Hall–Kier alpha value is -2.16. The topological polar surface area (TPSA) is 114 Å². The molecular formula is C13H16O9. The molecule has 0 spiro atoms. The summed E-state index contributed by atoms with van der Waals surface area (Å²) in [7, 11) is 0. The van der Waals surface area contributed by atoms with Crippen LogP contribution in [-0.2, 0) is 42.9 Å². The van der Waals surface area contributed by atoms with Crippen LogP contribution in [0.5, 0.6) is 0 Å². The molecule has 0 bridgehead atoms. The maximum absolute atomic E-state index is 11.8.